The lowest BCUT2D eigenvalue weighted by Crippen LogP contribution is -2.23. The Balaban J connectivity index is 1.84. The first-order valence-electron chi connectivity index (χ1n) is 8.43. The molecule has 0 unspecified atom stereocenters. The van der Waals surface area contributed by atoms with Gasteiger partial charge in [-0.15, -0.1) is 0 Å². The first-order chi connectivity index (χ1) is 13.4. The molecule has 140 valence electrons. The third-order valence-electron chi connectivity index (χ3n) is 4.22. The number of carbonyl (C=O) groups excluding carboxylic acids is 1. The van der Waals surface area contributed by atoms with E-state index in [2.05, 4.69) is 11.4 Å². The summed E-state index contributed by atoms with van der Waals surface area (Å²) in [5.74, 6) is -0.430. The summed E-state index contributed by atoms with van der Waals surface area (Å²) in [6.07, 6.45) is -4.44. The SMILES string of the molecule is N#Cc1ccccc1-c1ccccc1C(=O)NCc1cccc(C(F)(F)F)c1. The van der Waals surface area contributed by atoms with Crippen LogP contribution in [0.1, 0.15) is 27.0 Å². The monoisotopic (exact) mass is 380 g/mol. The third kappa shape index (κ3) is 4.21. The summed E-state index contributed by atoms with van der Waals surface area (Å²) < 4.78 is 38.5. The smallest absolute Gasteiger partial charge is 0.348 e. The average molecular weight is 380 g/mol. The van der Waals surface area contributed by atoms with Crippen molar-refractivity contribution in [2.24, 2.45) is 0 Å². The summed E-state index contributed by atoms with van der Waals surface area (Å²) in [4.78, 5) is 12.7. The van der Waals surface area contributed by atoms with Crippen molar-refractivity contribution in [3.05, 3.63) is 95.1 Å². The molecule has 1 amide bonds. The van der Waals surface area contributed by atoms with Crippen molar-refractivity contribution in [3.63, 3.8) is 0 Å². The molecule has 0 aliphatic rings. The van der Waals surface area contributed by atoms with Crippen molar-refractivity contribution in [1.82, 2.24) is 5.32 Å². The summed E-state index contributed by atoms with van der Waals surface area (Å²) in [6.45, 7) is -0.0447. The first kappa shape index (κ1) is 19.2. The lowest BCUT2D eigenvalue weighted by molar-refractivity contribution is -0.137. The molecule has 3 aromatic carbocycles. The minimum atomic E-state index is -4.44. The standard InChI is InChI=1S/C22H15F3N2O/c23-22(24,25)17-8-5-6-15(12-17)14-27-21(28)20-11-4-3-10-19(20)18-9-2-1-7-16(18)13-26/h1-12H,14H2,(H,27,28). The molecular weight excluding hydrogens is 365 g/mol. The van der Waals surface area contributed by atoms with Crippen LogP contribution < -0.4 is 5.32 Å². The van der Waals surface area contributed by atoms with E-state index in [1.54, 1.807) is 48.5 Å². The van der Waals surface area contributed by atoms with Crippen molar-refractivity contribution in [2.45, 2.75) is 12.7 Å². The zero-order chi connectivity index (χ0) is 20.1. The Kier molecular flexibility index (Phi) is 5.46. The number of benzene rings is 3. The highest BCUT2D eigenvalue weighted by Gasteiger charge is 2.30. The van der Waals surface area contributed by atoms with E-state index < -0.39 is 17.6 Å². The molecule has 0 aromatic heterocycles. The van der Waals surface area contributed by atoms with Gasteiger partial charge in [-0.3, -0.25) is 4.79 Å². The molecule has 0 fully saturated rings. The normalized spacial score (nSPS) is 10.9. The molecule has 0 radical (unpaired) electrons. The van der Waals surface area contributed by atoms with Gasteiger partial charge in [0.15, 0.2) is 0 Å². The second-order valence-corrected chi connectivity index (χ2v) is 6.08. The third-order valence-corrected chi connectivity index (χ3v) is 4.22. The highest BCUT2D eigenvalue weighted by Crippen LogP contribution is 2.30. The van der Waals surface area contributed by atoms with Crippen LogP contribution in [0, 0.1) is 11.3 Å². The lowest BCUT2D eigenvalue weighted by Gasteiger charge is -2.12. The Morgan fingerprint density at radius 3 is 2.32 bits per heavy atom. The molecule has 0 spiro atoms. The maximum atomic E-state index is 12.8. The maximum absolute atomic E-state index is 12.8. The average Bonchev–Trinajstić information content (AvgIpc) is 2.71. The molecule has 0 saturated heterocycles. The Labute approximate surface area is 160 Å². The van der Waals surface area contributed by atoms with E-state index in [1.807, 2.05) is 0 Å². The van der Waals surface area contributed by atoms with E-state index in [0.717, 1.165) is 12.1 Å². The fourth-order valence-electron chi connectivity index (χ4n) is 2.87. The molecule has 0 heterocycles. The fourth-order valence-corrected chi connectivity index (χ4v) is 2.87. The van der Waals surface area contributed by atoms with Crippen LogP contribution in [0.15, 0.2) is 72.8 Å². The summed E-state index contributed by atoms with van der Waals surface area (Å²) in [5, 5.41) is 12.0. The van der Waals surface area contributed by atoms with Gasteiger partial charge in [0.2, 0.25) is 0 Å². The van der Waals surface area contributed by atoms with Crippen LogP contribution in [-0.2, 0) is 12.7 Å². The number of hydrogen-bond donors (Lipinski definition) is 1. The summed E-state index contributed by atoms with van der Waals surface area (Å²) in [7, 11) is 0. The van der Waals surface area contributed by atoms with Crippen LogP contribution >= 0.6 is 0 Å². The van der Waals surface area contributed by atoms with Crippen molar-refractivity contribution >= 4 is 5.91 Å². The van der Waals surface area contributed by atoms with Crippen LogP contribution in [0.4, 0.5) is 13.2 Å². The second-order valence-electron chi connectivity index (χ2n) is 6.08. The van der Waals surface area contributed by atoms with E-state index in [9.17, 15) is 23.2 Å². The minimum Gasteiger partial charge on any atom is -0.348 e. The number of nitrogens with zero attached hydrogens (tertiary/aromatic N) is 1. The minimum absolute atomic E-state index is 0.0447. The van der Waals surface area contributed by atoms with E-state index in [0.29, 0.717) is 27.8 Å². The second kappa shape index (κ2) is 7.97. The van der Waals surface area contributed by atoms with Gasteiger partial charge in [-0.05, 0) is 35.4 Å². The van der Waals surface area contributed by atoms with Crippen LogP contribution in [0.2, 0.25) is 0 Å². The van der Waals surface area contributed by atoms with Gasteiger partial charge in [0, 0.05) is 17.7 Å². The Morgan fingerprint density at radius 1 is 0.929 bits per heavy atom. The topological polar surface area (TPSA) is 52.9 Å². The molecule has 0 saturated carbocycles. The molecule has 3 nitrogen and oxygen atoms in total. The van der Waals surface area contributed by atoms with Crippen LogP contribution in [-0.4, -0.2) is 5.91 Å². The lowest BCUT2D eigenvalue weighted by atomic mass is 9.95. The van der Waals surface area contributed by atoms with Gasteiger partial charge in [0.1, 0.15) is 0 Å². The van der Waals surface area contributed by atoms with Crippen molar-refractivity contribution in [3.8, 4) is 17.2 Å². The van der Waals surface area contributed by atoms with Gasteiger partial charge in [-0.1, -0.05) is 48.5 Å². The summed E-state index contributed by atoms with van der Waals surface area (Å²) in [5.41, 5.74) is 1.56. The number of hydrogen-bond acceptors (Lipinski definition) is 2. The number of nitrogens with one attached hydrogen (secondary N) is 1. The molecule has 0 atom stereocenters. The van der Waals surface area contributed by atoms with Gasteiger partial charge >= 0.3 is 6.18 Å². The zero-order valence-corrected chi connectivity index (χ0v) is 14.6. The Bertz CT molecular complexity index is 1050. The largest absolute Gasteiger partial charge is 0.416 e. The predicted molar refractivity (Wildman–Crippen MR) is 99.2 cm³/mol. The molecule has 28 heavy (non-hydrogen) atoms. The predicted octanol–water partition coefficient (Wildman–Crippen LogP) is 5.17. The molecule has 3 aromatic rings. The van der Waals surface area contributed by atoms with E-state index in [4.69, 9.17) is 0 Å². The van der Waals surface area contributed by atoms with Crippen molar-refractivity contribution < 1.29 is 18.0 Å². The van der Waals surface area contributed by atoms with Gasteiger partial charge in [0.25, 0.3) is 5.91 Å². The fraction of sp³-hybridized carbons (Fsp3) is 0.0909. The van der Waals surface area contributed by atoms with Crippen molar-refractivity contribution in [1.29, 1.82) is 5.26 Å². The molecule has 0 bridgehead atoms. The van der Waals surface area contributed by atoms with E-state index >= 15 is 0 Å². The maximum Gasteiger partial charge on any atom is 0.416 e. The number of halogens is 3. The molecule has 0 aliphatic carbocycles. The number of amides is 1. The van der Waals surface area contributed by atoms with Crippen LogP contribution in [0.5, 0.6) is 0 Å². The highest BCUT2D eigenvalue weighted by atomic mass is 19.4. The Hall–Kier alpha value is -3.59. The van der Waals surface area contributed by atoms with Gasteiger partial charge in [0.05, 0.1) is 17.2 Å². The Morgan fingerprint density at radius 2 is 1.61 bits per heavy atom. The van der Waals surface area contributed by atoms with Gasteiger partial charge in [-0.2, -0.15) is 18.4 Å². The van der Waals surface area contributed by atoms with E-state index in [-0.39, 0.29) is 6.54 Å². The van der Waals surface area contributed by atoms with Crippen LogP contribution in [0.25, 0.3) is 11.1 Å². The summed E-state index contributed by atoms with van der Waals surface area (Å²) in [6, 6.07) is 20.6. The summed E-state index contributed by atoms with van der Waals surface area (Å²) >= 11 is 0. The van der Waals surface area contributed by atoms with Crippen LogP contribution in [0.3, 0.4) is 0 Å². The zero-order valence-electron chi connectivity index (χ0n) is 14.6. The molecular formula is C22H15F3N2O. The van der Waals surface area contributed by atoms with Gasteiger partial charge in [-0.25, -0.2) is 0 Å². The highest BCUT2D eigenvalue weighted by molar-refractivity contribution is 6.01. The van der Waals surface area contributed by atoms with Gasteiger partial charge < -0.3 is 5.32 Å². The number of alkyl halides is 3. The number of rotatable bonds is 4. The molecule has 6 heteroatoms. The van der Waals surface area contributed by atoms with Crippen molar-refractivity contribution in [2.75, 3.05) is 0 Å². The molecule has 1 N–H and O–H groups in total. The first-order valence-corrected chi connectivity index (χ1v) is 8.43. The molecule has 0 aliphatic heterocycles. The number of nitriles is 1. The van der Waals surface area contributed by atoms with E-state index in [1.165, 1.54) is 12.1 Å². The molecule has 3 rings (SSSR count). The quantitative estimate of drug-likeness (QED) is 0.679. The number of carbonyl (C=O) groups is 1.